The van der Waals surface area contributed by atoms with Gasteiger partial charge in [0.25, 0.3) is 0 Å². The van der Waals surface area contributed by atoms with E-state index >= 15 is 0 Å². The van der Waals surface area contributed by atoms with Crippen molar-refractivity contribution in [1.29, 1.82) is 0 Å². The number of rotatable bonds is 7. The number of amides is 1. The van der Waals surface area contributed by atoms with Crippen LogP contribution in [-0.2, 0) is 25.6 Å². The monoisotopic (exact) mass is 321 g/mol. The molecular weight excluding hydrogens is 294 g/mol. The Balaban J connectivity index is 2.72. The molecule has 0 aromatic heterocycles. The van der Waals surface area contributed by atoms with Crippen LogP contribution >= 0.6 is 0 Å². The van der Waals surface area contributed by atoms with E-state index in [9.17, 15) is 9.59 Å². The Morgan fingerprint density at radius 1 is 1.17 bits per heavy atom. The van der Waals surface area contributed by atoms with Crippen molar-refractivity contribution in [3.05, 3.63) is 35.9 Å². The quantitative estimate of drug-likeness (QED) is 0.572. The smallest absolute Gasteiger partial charge is 0.307 e. The van der Waals surface area contributed by atoms with Crippen LogP contribution < -0.4 is 0 Å². The van der Waals surface area contributed by atoms with Crippen LogP contribution in [0.4, 0.5) is 0 Å². The fourth-order valence-electron chi connectivity index (χ4n) is 2.23. The van der Waals surface area contributed by atoms with Crippen molar-refractivity contribution >= 4 is 11.9 Å². The molecule has 128 valence electrons. The van der Waals surface area contributed by atoms with Gasteiger partial charge in [-0.3, -0.25) is 14.4 Å². The lowest BCUT2D eigenvalue weighted by Crippen LogP contribution is -2.35. The van der Waals surface area contributed by atoms with Gasteiger partial charge in [-0.05, 0) is 39.2 Å². The Bertz CT molecular complexity index is 508. The van der Waals surface area contributed by atoms with E-state index in [2.05, 4.69) is 0 Å². The molecule has 0 aliphatic rings. The molecule has 0 heterocycles. The third kappa shape index (κ3) is 7.28. The minimum Gasteiger partial charge on any atom is -0.460 e. The summed E-state index contributed by atoms with van der Waals surface area (Å²) in [6.45, 7) is 5.44. The minimum absolute atomic E-state index is 0.0522. The topological polar surface area (TPSA) is 55.8 Å². The first kappa shape index (κ1) is 19.2. The standard InChI is InChI=1S/C18H27NO4/c1-18(2,3)23-16(20)13-15(17(21)19(4)22-5)12-11-14-9-7-6-8-10-14/h6-10,15H,11-13H2,1-5H3/t15-/m1/s1. The first-order chi connectivity index (χ1) is 10.7. The molecule has 1 amide bonds. The molecule has 5 nitrogen and oxygen atoms in total. The Morgan fingerprint density at radius 3 is 2.30 bits per heavy atom. The van der Waals surface area contributed by atoms with E-state index in [0.29, 0.717) is 6.42 Å². The SMILES string of the molecule is CON(C)C(=O)[C@H](CCc1ccccc1)CC(=O)OC(C)(C)C. The summed E-state index contributed by atoms with van der Waals surface area (Å²) in [6, 6.07) is 9.89. The van der Waals surface area contributed by atoms with E-state index in [0.717, 1.165) is 12.0 Å². The highest BCUT2D eigenvalue weighted by Gasteiger charge is 2.27. The number of hydrogen-bond acceptors (Lipinski definition) is 4. The molecule has 0 spiro atoms. The predicted molar refractivity (Wildman–Crippen MR) is 88.5 cm³/mol. The van der Waals surface area contributed by atoms with Crippen molar-refractivity contribution in [2.75, 3.05) is 14.2 Å². The lowest BCUT2D eigenvalue weighted by atomic mass is 9.95. The lowest BCUT2D eigenvalue weighted by Gasteiger charge is -2.24. The summed E-state index contributed by atoms with van der Waals surface area (Å²) in [7, 11) is 2.98. The molecule has 0 radical (unpaired) electrons. The number of esters is 1. The molecule has 1 aromatic rings. The first-order valence-corrected chi connectivity index (χ1v) is 7.80. The lowest BCUT2D eigenvalue weighted by molar-refractivity contribution is -0.177. The molecule has 0 bridgehead atoms. The Kier molecular flexibility index (Phi) is 7.23. The number of benzene rings is 1. The average Bonchev–Trinajstić information content (AvgIpc) is 2.49. The van der Waals surface area contributed by atoms with Crippen LogP contribution in [-0.4, -0.2) is 36.7 Å². The Morgan fingerprint density at radius 2 is 1.78 bits per heavy atom. The van der Waals surface area contributed by atoms with E-state index in [1.807, 2.05) is 51.1 Å². The van der Waals surface area contributed by atoms with Gasteiger partial charge in [-0.1, -0.05) is 30.3 Å². The van der Waals surface area contributed by atoms with Crippen molar-refractivity contribution < 1.29 is 19.2 Å². The second-order valence-electron chi connectivity index (χ2n) is 6.53. The predicted octanol–water partition coefficient (Wildman–Crippen LogP) is 2.99. The summed E-state index contributed by atoms with van der Waals surface area (Å²) in [6.07, 6.45) is 1.34. The number of ether oxygens (including phenoxy) is 1. The highest BCUT2D eigenvalue weighted by atomic mass is 16.7. The maximum atomic E-state index is 12.4. The molecule has 0 fully saturated rings. The summed E-state index contributed by atoms with van der Waals surface area (Å²) >= 11 is 0. The maximum Gasteiger partial charge on any atom is 0.307 e. The van der Waals surface area contributed by atoms with Gasteiger partial charge in [0.15, 0.2) is 0 Å². The number of hydroxylamine groups is 2. The Labute approximate surface area is 138 Å². The zero-order valence-corrected chi connectivity index (χ0v) is 14.7. The molecular formula is C18H27NO4. The number of hydrogen-bond donors (Lipinski definition) is 0. The van der Waals surface area contributed by atoms with Gasteiger partial charge in [0.2, 0.25) is 5.91 Å². The number of carbonyl (C=O) groups excluding carboxylic acids is 2. The molecule has 0 unspecified atom stereocenters. The first-order valence-electron chi connectivity index (χ1n) is 7.80. The number of nitrogens with zero attached hydrogens (tertiary/aromatic N) is 1. The van der Waals surface area contributed by atoms with E-state index in [1.54, 1.807) is 7.05 Å². The molecule has 0 aliphatic carbocycles. The van der Waals surface area contributed by atoms with Crippen LogP contribution in [0.2, 0.25) is 0 Å². The second-order valence-corrected chi connectivity index (χ2v) is 6.53. The zero-order chi connectivity index (χ0) is 17.5. The van der Waals surface area contributed by atoms with Crippen LogP contribution in [0.3, 0.4) is 0 Å². The summed E-state index contributed by atoms with van der Waals surface area (Å²) in [5.74, 6) is -1.04. The van der Waals surface area contributed by atoms with Gasteiger partial charge < -0.3 is 4.74 Å². The third-order valence-electron chi connectivity index (χ3n) is 3.39. The van der Waals surface area contributed by atoms with Gasteiger partial charge in [0.1, 0.15) is 5.60 Å². The largest absolute Gasteiger partial charge is 0.460 e. The highest BCUT2D eigenvalue weighted by molar-refractivity contribution is 5.83. The molecule has 0 saturated carbocycles. The summed E-state index contributed by atoms with van der Waals surface area (Å²) in [5, 5.41) is 1.17. The minimum atomic E-state index is -0.558. The summed E-state index contributed by atoms with van der Waals surface area (Å²) in [4.78, 5) is 29.4. The van der Waals surface area contributed by atoms with Crippen LogP contribution in [0.1, 0.15) is 39.2 Å². The average molecular weight is 321 g/mol. The third-order valence-corrected chi connectivity index (χ3v) is 3.39. The van der Waals surface area contributed by atoms with Crippen molar-refractivity contribution in [3.8, 4) is 0 Å². The Hall–Kier alpha value is -1.88. The molecule has 1 aromatic carbocycles. The van der Waals surface area contributed by atoms with E-state index in [4.69, 9.17) is 9.57 Å². The molecule has 0 N–H and O–H groups in total. The van der Waals surface area contributed by atoms with Crippen LogP contribution in [0.15, 0.2) is 30.3 Å². The molecule has 23 heavy (non-hydrogen) atoms. The zero-order valence-electron chi connectivity index (χ0n) is 14.7. The van der Waals surface area contributed by atoms with Crippen molar-refractivity contribution in [2.45, 2.75) is 45.6 Å². The molecule has 5 heteroatoms. The fourth-order valence-corrected chi connectivity index (χ4v) is 2.23. The molecule has 1 rings (SSSR count). The molecule has 0 aliphatic heterocycles. The molecule has 0 saturated heterocycles. The maximum absolute atomic E-state index is 12.4. The molecule has 1 atom stereocenters. The second kappa shape index (κ2) is 8.67. The van der Waals surface area contributed by atoms with Gasteiger partial charge in [-0.25, -0.2) is 5.06 Å². The number of aryl methyl sites for hydroxylation is 1. The number of carbonyl (C=O) groups is 2. The van der Waals surface area contributed by atoms with Gasteiger partial charge in [0.05, 0.1) is 19.4 Å². The van der Waals surface area contributed by atoms with Crippen LogP contribution in [0.25, 0.3) is 0 Å². The van der Waals surface area contributed by atoms with E-state index < -0.39 is 11.5 Å². The highest BCUT2D eigenvalue weighted by Crippen LogP contribution is 2.19. The van der Waals surface area contributed by atoms with Gasteiger partial charge in [-0.2, -0.15) is 0 Å². The van der Waals surface area contributed by atoms with Gasteiger partial charge >= 0.3 is 5.97 Å². The summed E-state index contributed by atoms with van der Waals surface area (Å²) in [5.41, 5.74) is 0.576. The van der Waals surface area contributed by atoms with E-state index in [1.165, 1.54) is 12.2 Å². The van der Waals surface area contributed by atoms with Gasteiger partial charge in [0, 0.05) is 7.05 Å². The summed E-state index contributed by atoms with van der Waals surface area (Å²) < 4.78 is 5.33. The van der Waals surface area contributed by atoms with Crippen molar-refractivity contribution in [1.82, 2.24) is 5.06 Å². The van der Waals surface area contributed by atoms with Crippen LogP contribution in [0, 0.1) is 5.92 Å². The normalized spacial score (nSPS) is 12.6. The fraction of sp³-hybridized carbons (Fsp3) is 0.556. The van der Waals surface area contributed by atoms with Crippen molar-refractivity contribution in [3.63, 3.8) is 0 Å². The van der Waals surface area contributed by atoms with Crippen LogP contribution in [0.5, 0.6) is 0 Å². The van der Waals surface area contributed by atoms with Gasteiger partial charge in [-0.15, -0.1) is 0 Å². The van der Waals surface area contributed by atoms with Crippen molar-refractivity contribution in [2.24, 2.45) is 5.92 Å². The van der Waals surface area contributed by atoms with E-state index in [-0.39, 0.29) is 18.3 Å².